The number of aromatic nitrogens is 4. The number of carbonyl (C=O) groups excluding carboxylic acids is 1. The van der Waals surface area contributed by atoms with E-state index >= 15 is 0 Å². The van der Waals surface area contributed by atoms with Crippen molar-refractivity contribution >= 4 is 11.6 Å². The minimum atomic E-state index is -4.70. The summed E-state index contributed by atoms with van der Waals surface area (Å²) >= 11 is 0. The number of halogens is 3. The van der Waals surface area contributed by atoms with E-state index in [9.17, 15) is 18.0 Å². The van der Waals surface area contributed by atoms with E-state index in [1.54, 1.807) is 23.6 Å². The fraction of sp³-hybridized carbons (Fsp3) is 0.286. The first-order chi connectivity index (χ1) is 11.4. The molecule has 0 atom stereocenters. The van der Waals surface area contributed by atoms with Crippen LogP contribution in [-0.2, 0) is 22.1 Å². The predicted octanol–water partition coefficient (Wildman–Crippen LogP) is 2.51. The molecule has 0 radical (unpaired) electrons. The van der Waals surface area contributed by atoms with Crippen molar-refractivity contribution in [3.63, 3.8) is 0 Å². The highest BCUT2D eigenvalue weighted by atomic mass is 19.4. The molecule has 126 valence electrons. The van der Waals surface area contributed by atoms with Gasteiger partial charge in [0.05, 0.1) is 18.7 Å². The van der Waals surface area contributed by atoms with Gasteiger partial charge in [0.2, 0.25) is 5.82 Å². The summed E-state index contributed by atoms with van der Waals surface area (Å²) in [7, 11) is 0. The molecule has 0 aliphatic carbocycles. The number of carbonyl (C=O) groups is 1. The molecule has 0 amide bonds. The van der Waals surface area contributed by atoms with Crippen molar-refractivity contribution in [3.05, 3.63) is 36.1 Å². The normalized spacial score (nSPS) is 11.8. The molecule has 24 heavy (non-hydrogen) atoms. The molecule has 7 nitrogen and oxygen atoms in total. The second-order valence-electron chi connectivity index (χ2n) is 4.82. The van der Waals surface area contributed by atoms with Crippen molar-refractivity contribution in [2.75, 3.05) is 6.61 Å². The van der Waals surface area contributed by atoms with Gasteiger partial charge in [-0.2, -0.15) is 18.2 Å². The van der Waals surface area contributed by atoms with Gasteiger partial charge in [-0.3, -0.25) is 4.79 Å². The van der Waals surface area contributed by atoms with Crippen molar-refractivity contribution in [1.82, 2.24) is 19.5 Å². The van der Waals surface area contributed by atoms with E-state index in [1.165, 1.54) is 12.3 Å². The number of hydrogen-bond acceptors (Lipinski definition) is 6. The molecule has 0 aliphatic heterocycles. The largest absolute Gasteiger partial charge is 0.471 e. The van der Waals surface area contributed by atoms with Crippen LogP contribution in [0.5, 0.6) is 0 Å². The van der Waals surface area contributed by atoms with Crippen LogP contribution in [0.1, 0.15) is 18.5 Å². The smallest absolute Gasteiger partial charge is 0.466 e. The molecule has 0 aromatic carbocycles. The van der Waals surface area contributed by atoms with E-state index in [0.29, 0.717) is 16.9 Å². The third-order valence-corrected chi connectivity index (χ3v) is 3.06. The van der Waals surface area contributed by atoms with E-state index in [4.69, 9.17) is 4.74 Å². The molecular weight excluding hydrogens is 329 g/mol. The number of ether oxygens (including phenoxy) is 1. The highest BCUT2D eigenvalue weighted by Crippen LogP contribution is 2.29. The van der Waals surface area contributed by atoms with Crippen LogP contribution in [0.2, 0.25) is 0 Å². The second kappa shape index (κ2) is 5.95. The number of imidazole rings is 1. The van der Waals surface area contributed by atoms with Gasteiger partial charge in [-0.15, -0.1) is 0 Å². The average Bonchev–Trinajstić information content (AvgIpc) is 3.12. The van der Waals surface area contributed by atoms with Gasteiger partial charge in [0.15, 0.2) is 0 Å². The maximum Gasteiger partial charge on any atom is 0.471 e. The van der Waals surface area contributed by atoms with Crippen LogP contribution < -0.4 is 0 Å². The summed E-state index contributed by atoms with van der Waals surface area (Å²) in [6.07, 6.45) is -1.61. The van der Waals surface area contributed by atoms with Crippen LogP contribution >= 0.6 is 0 Å². The number of hydrogen-bond donors (Lipinski definition) is 0. The SMILES string of the molecule is CCOC(=O)Cc1cn2cc(-c3noc(C(F)(F)F)n3)ccc2n1. The van der Waals surface area contributed by atoms with Crippen molar-refractivity contribution in [3.8, 4) is 11.4 Å². The van der Waals surface area contributed by atoms with Gasteiger partial charge < -0.3 is 13.7 Å². The van der Waals surface area contributed by atoms with E-state index in [1.807, 2.05) is 0 Å². The van der Waals surface area contributed by atoms with Gasteiger partial charge >= 0.3 is 18.0 Å². The Labute approximate surface area is 133 Å². The van der Waals surface area contributed by atoms with E-state index in [-0.39, 0.29) is 18.9 Å². The molecular formula is C14H11F3N4O3. The number of rotatable bonds is 4. The van der Waals surface area contributed by atoms with Gasteiger partial charge in [-0.05, 0) is 19.1 Å². The van der Waals surface area contributed by atoms with E-state index < -0.39 is 18.0 Å². The maximum atomic E-state index is 12.5. The summed E-state index contributed by atoms with van der Waals surface area (Å²) in [4.78, 5) is 19.0. The van der Waals surface area contributed by atoms with Crippen LogP contribution in [0, 0.1) is 0 Å². The molecule has 3 rings (SSSR count). The maximum absolute atomic E-state index is 12.5. The highest BCUT2D eigenvalue weighted by molar-refractivity contribution is 5.72. The fourth-order valence-electron chi connectivity index (χ4n) is 2.08. The summed E-state index contributed by atoms with van der Waals surface area (Å²) in [6.45, 7) is 1.98. The zero-order valence-corrected chi connectivity index (χ0v) is 12.4. The lowest BCUT2D eigenvalue weighted by molar-refractivity contribution is -0.159. The standard InChI is InChI=1S/C14H11F3N4O3/c1-2-23-11(22)5-9-7-21-6-8(3-4-10(21)18-9)12-19-13(24-20-12)14(15,16)17/h3-4,6-7H,2,5H2,1H3. The van der Waals surface area contributed by atoms with E-state index in [0.717, 1.165) is 0 Å². The first kappa shape index (κ1) is 16.0. The quantitative estimate of drug-likeness (QED) is 0.679. The molecule has 3 aromatic rings. The molecule has 0 bridgehead atoms. The molecule has 0 spiro atoms. The summed E-state index contributed by atoms with van der Waals surface area (Å²) in [5.41, 5.74) is 1.33. The number of nitrogens with zero attached hydrogens (tertiary/aromatic N) is 4. The third kappa shape index (κ3) is 3.21. The van der Waals surface area contributed by atoms with Crippen molar-refractivity contribution in [2.24, 2.45) is 0 Å². The molecule has 0 N–H and O–H groups in total. The zero-order chi connectivity index (χ0) is 17.3. The van der Waals surface area contributed by atoms with Gasteiger partial charge in [0.25, 0.3) is 0 Å². The molecule has 0 fully saturated rings. The third-order valence-electron chi connectivity index (χ3n) is 3.06. The first-order valence-corrected chi connectivity index (χ1v) is 6.91. The first-order valence-electron chi connectivity index (χ1n) is 6.91. The zero-order valence-electron chi connectivity index (χ0n) is 12.4. The molecule has 0 saturated heterocycles. The summed E-state index contributed by atoms with van der Waals surface area (Å²) in [5, 5.41) is 3.33. The van der Waals surface area contributed by atoms with Gasteiger partial charge in [-0.1, -0.05) is 5.16 Å². The summed E-state index contributed by atoms with van der Waals surface area (Å²) in [6, 6.07) is 3.09. The van der Waals surface area contributed by atoms with Crippen LogP contribution in [0.3, 0.4) is 0 Å². The Balaban J connectivity index is 1.88. The lowest BCUT2D eigenvalue weighted by atomic mass is 10.3. The molecule has 10 heteroatoms. The van der Waals surface area contributed by atoms with Gasteiger partial charge in [-0.25, -0.2) is 4.98 Å². The van der Waals surface area contributed by atoms with Crippen LogP contribution in [0.15, 0.2) is 29.0 Å². The monoisotopic (exact) mass is 340 g/mol. The van der Waals surface area contributed by atoms with Gasteiger partial charge in [0.1, 0.15) is 5.65 Å². The summed E-state index contributed by atoms with van der Waals surface area (Å²) < 4.78 is 48.1. The lowest BCUT2D eigenvalue weighted by Crippen LogP contribution is -2.07. The Morgan fingerprint density at radius 3 is 2.75 bits per heavy atom. The number of pyridine rings is 1. The molecule has 3 heterocycles. The Kier molecular flexibility index (Phi) is 3.96. The Morgan fingerprint density at radius 2 is 2.08 bits per heavy atom. The molecule has 0 unspecified atom stereocenters. The Hall–Kier alpha value is -2.91. The Morgan fingerprint density at radius 1 is 1.29 bits per heavy atom. The minimum absolute atomic E-state index is 0.00524. The molecule has 0 saturated carbocycles. The molecule has 0 aliphatic rings. The fourth-order valence-corrected chi connectivity index (χ4v) is 2.08. The summed E-state index contributed by atoms with van der Waals surface area (Å²) in [5.74, 6) is -2.01. The average molecular weight is 340 g/mol. The van der Waals surface area contributed by atoms with Crippen molar-refractivity contribution in [2.45, 2.75) is 19.5 Å². The van der Waals surface area contributed by atoms with E-state index in [2.05, 4.69) is 19.6 Å². The van der Waals surface area contributed by atoms with Crippen LogP contribution in [0.4, 0.5) is 13.2 Å². The van der Waals surface area contributed by atoms with Crippen LogP contribution in [0.25, 0.3) is 17.0 Å². The van der Waals surface area contributed by atoms with Crippen molar-refractivity contribution in [1.29, 1.82) is 0 Å². The lowest BCUT2D eigenvalue weighted by Gasteiger charge is -1.97. The van der Waals surface area contributed by atoms with Crippen LogP contribution in [-0.4, -0.2) is 32.1 Å². The number of esters is 1. The predicted molar refractivity (Wildman–Crippen MR) is 73.8 cm³/mol. The number of fused-ring (bicyclic) bond motifs is 1. The van der Waals surface area contributed by atoms with Gasteiger partial charge in [0, 0.05) is 18.0 Å². The molecule has 3 aromatic heterocycles. The number of alkyl halides is 3. The Bertz CT molecular complexity index is 885. The highest BCUT2D eigenvalue weighted by Gasteiger charge is 2.38. The van der Waals surface area contributed by atoms with Crippen molar-refractivity contribution < 1.29 is 27.2 Å². The second-order valence-corrected chi connectivity index (χ2v) is 4.82. The topological polar surface area (TPSA) is 82.5 Å². The minimum Gasteiger partial charge on any atom is -0.466 e.